The lowest BCUT2D eigenvalue weighted by Gasteiger charge is -2.16. The molecule has 2 aromatic carbocycles. The van der Waals surface area contributed by atoms with Gasteiger partial charge in [0.05, 0.1) is 4.90 Å². The van der Waals surface area contributed by atoms with Gasteiger partial charge in [0.2, 0.25) is 10.0 Å². The molecule has 0 amide bonds. The van der Waals surface area contributed by atoms with Crippen LogP contribution in [0.4, 0.5) is 0 Å². The lowest BCUT2D eigenvalue weighted by atomic mass is 10.1. The summed E-state index contributed by atoms with van der Waals surface area (Å²) >= 11 is 6.38. The zero-order chi connectivity index (χ0) is 17.0. The summed E-state index contributed by atoms with van der Waals surface area (Å²) in [6.07, 6.45) is 0.0566. The normalized spacial score (nSPS) is 12.8. The maximum absolute atomic E-state index is 12.5. The predicted octanol–water partition coefficient (Wildman–Crippen LogP) is 3.19. The van der Waals surface area contributed by atoms with Crippen molar-refractivity contribution in [3.8, 4) is 0 Å². The molecule has 0 unspecified atom stereocenters. The molecule has 122 valence electrons. The molecule has 0 bridgehead atoms. The Hall–Kier alpha value is -1.22. The van der Waals surface area contributed by atoms with Gasteiger partial charge in [-0.1, -0.05) is 46.3 Å². The Kier molecular flexibility index (Phi) is 5.96. The molecule has 0 spiro atoms. The second-order valence-corrected chi connectivity index (χ2v) is 8.23. The number of hydrogen-bond donors (Lipinski definition) is 2. The van der Waals surface area contributed by atoms with Gasteiger partial charge in [0.15, 0.2) is 0 Å². The number of hydrogen-bond acceptors (Lipinski definition) is 3. The largest absolute Gasteiger partial charge is 0.480 e. The minimum Gasteiger partial charge on any atom is -0.480 e. The summed E-state index contributed by atoms with van der Waals surface area (Å²) in [6.45, 7) is 0. The van der Waals surface area contributed by atoms with E-state index in [1.807, 2.05) is 6.07 Å². The van der Waals surface area contributed by atoms with Gasteiger partial charge in [-0.3, -0.25) is 4.79 Å². The third kappa shape index (κ3) is 4.87. The number of carboxylic acid groups (broad SMARTS) is 1. The molecule has 0 aliphatic carbocycles. The quantitative estimate of drug-likeness (QED) is 0.690. The van der Waals surface area contributed by atoms with Crippen LogP contribution in [0.25, 0.3) is 0 Å². The topological polar surface area (TPSA) is 83.5 Å². The molecule has 23 heavy (non-hydrogen) atoms. The Bertz CT molecular complexity index is 809. The second kappa shape index (κ2) is 7.57. The maximum atomic E-state index is 12.5. The van der Waals surface area contributed by atoms with E-state index in [2.05, 4.69) is 36.6 Å². The van der Waals surface area contributed by atoms with Crippen LogP contribution in [0.1, 0.15) is 5.56 Å². The first kappa shape index (κ1) is 18.1. The van der Waals surface area contributed by atoms with Crippen molar-refractivity contribution in [3.05, 3.63) is 63.0 Å². The van der Waals surface area contributed by atoms with Gasteiger partial charge in [-0.25, -0.2) is 8.42 Å². The van der Waals surface area contributed by atoms with E-state index in [0.717, 1.165) is 5.56 Å². The lowest BCUT2D eigenvalue weighted by molar-refractivity contribution is -0.138. The number of rotatable bonds is 6. The first-order valence-electron chi connectivity index (χ1n) is 6.54. The van der Waals surface area contributed by atoms with Gasteiger partial charge in [0.1, 0.15) is 6.04 Å². The Labute approximate surface area is 151 Å². The molecule has 0 saturated heterocycles. The summed E-state index contributed by atoms with van der Waals surface area (Å²) in [7, 11) is -3.99. The van der Waals surface area contributed by atoms with Crippen molar-refractivity contribution in [1.29, 1.82) is 0 Å². The third-order valence-corrected chi connectivity index (χ3v) is 6.02. The van der Waals surface area contributed by atoms with Crippen molar-refractivity contribution in [2.45, 2.75) is 17.4 Å². The van der Waals surface area contributed by atoms with Gasteiger partial charge in [-0.05, 0) is 46.1 Å². The number of benzene rings is 2. The van der Waals surface area contributed by atoms with Crippen LogP contribution < -0.4 is 4.72 Å². The zero-order valence-electron chi connectivity index (χ0n) is 11.7. The highest BCUT2D eigenvalue weighted by molar-refractivity contribution is 9.11. The molecule has 2 aromatic rings. The van der Waals surface area contributed by atoms with Crippen molar-refractivity contribution in [3.63, 3.8) is 0 Å². The van der Waals surface area contributed by atoms with Crippen LogP contribution in [0.15, 0.2) is 62.4 Å². The average molecular weight is 463 g/mol. The van der Waals surface area contributed by atoms with E-state index in [4.69, 9.17) is 0 Å². The highest BCUT2D eigenvalue weighted by Gasteiger charge is 2.27. The van der Waals surface area contributed by atoms with E-state index >= 15 is 0 Å². The lowest BCUT2D eigenvalue weighted by Crippen LogP contribution is -2.42. The molecule has 0 fully saturated rings. The zero-order valence-corrected chi connectivity index (χ0v) is 15.7. The number of carboxylic acids is 1. The highest BCUT2D eigenvalue weighted by atomic mass is 79.9. The molecule has 0 radical (unpaired) electrons. The summed E-state index contributed by atoms with van der Waals surface area (Å²) in [5.41, 5.74) is 0.732. The smallest absolute Gasteiger partial charge is 0.322 e. The van der Waals surface area contributed by atoms with Crippen LogP contribution in [0, 0.1) is 0 Å². The summed E-state index contributed by atoms with van der Waals surface area (Å²) < 4.78 is 28.2. The van der Waals surface area contributed by atoms with Crippen LogP contribution >= 0.6 is 31.9 Å². The van der Waals surface area contributed by atoms with Crippen LogP contribution in [0.3, 0.4) is 0 Å². The van der Waals surface area contributed by atoms with Crippen molar-refractivity contribution in [2.75, 3.05) is 0 Å². The fourth-order valence-electron chi connectivity index (χ4n) is 1.96. The number of halogens is 2. The molecule has 0 aromatic heterocycles. The molecule has 2 rings (SSSR count). The molecule has 0 aliphatic rings. The third-order valence-electron chi connectivity index (χ3n) is 3.06. The Morgan fingerprint density at radius 2 is 1.78 bits per heavy atom. The Balaban J connectivity index is 2.28. The van der Waals surface area contributed by atoms with Gasteiger partial charge in [-0.15, -0.1) is 0 Å². The number of aliphatic carboxylic acids is 1. The molecule has 8 heteroatoms. The minimum atomic E-state index is -3.99. The van der Waals surface area contributed by atoms with Crippen molar-refractivity contribution in [2.24, 2.45) is 0 Å². The molecule has 0 aliphatic heterocycles. The SMILES string of the molecule is O=C(O)[C@H](Cc1ccccc1)NS(=O)(=O)c1cc(Br)ccc1Br. The van der Waals surface area contributed by atoms with Gasteiger partial charge in [-0.2, -0.15) is 4.72 Å². The molecule has 5 nitrogen and oxygen atoms in total. The first-order valence-corrected chi connectivity index (χ1v) is 9.60. The second-order valence-electron chi connectivity index (χ2n) is 4.78. The van der Waals surface area contributed by atoms with Crippen LogP contribution in [0.5, 0.6) is 0 Å². The standard InChI is InChI=1S/C15H13Br2NO4S/c16-11-6-7-12(17)14(9-11)23(21,22)18-13(15(19)20)8-10-4-2-1-3-5-10/h1-7,9,13,18H,8H2,(H,19,20)/t13-/m0/s1. The highest BCUT2D eigenvalue weighted by Crippen LogP contribution is 2.26. The average Bonchev–Trinajstić information content (AvgIpc) is 2.49. The first-order chi connectivity index (χ1) is 10.8. The van der Waals surface area contributed by atoms with E-state index in [-0.39, 0.29) is 11.3 Å². The van der Waals surface area contributed by atoms with E-state index in [0.29, 0.717) is 8.95 Å². The van der Waals surface area contributed by atoms with Crippen molar-refractivity contribution < 1.29 is 18.3 Å². The molecule has 0 saturated carbocycles. The Morgan fingerprint density at radius 3 is 2.39 bits per heavy atom. The maximum Gasteiger partial charge on any atom is 0.322 e. The van der Waals surface area contributed by atoms with E-state index < -0.39 is 22.0 Å². The van der Waals surface area contributed by atoms with Crippen LogP contribution in [-0.4, -0.2) is 25.5 Å². The van der Waals surface area contributed by atoms with Gasteiger partial charge in [0, 0.05) is 8.95 Å². The molecule has 0 heterocycles. The number of nitrogens with one attached hydrogen (secondary N) is 1. The van der Waals surface area contributed by atoms with E-state index in [9.17, 15) is 18.3 Å². The number of carbonyl (C=O) groups is 1. The summed E-state index contributed by atoms with van der Waals surface area (Å²) in [6, 6.07) is 12.3. The molecule has 1 atom stereocenters. The van der Waals surface area contributed by atoms with Crippen LogP contribution in [0.2, 0.25) is 0 Å². The number of sulfonamides is 1. The van der Waals surface area contributed by atoms with E-state index in [1.165, 1.54) is 6.07 Å². The van der Waals surface area contributed by atoms with Crippen molar-refractivity contribution in [1.82, 2.24) is 4.72 Å². The fraction of sp³-hybridized carbons (Fsp3) is 0.133. The molecular formula is C15H13Br2NO4S. The van der Waals surface area contributed by atoms with Crippen molar-refractivity contribution >= 4 is 47.9 Å². The summed E-state index contributed by atoms with van der Waals surface area (Å²) in [5, 5.41) is 9.32. The summed E-state index contributed by atoms with van der Waals surface area (Å²) in [4.78, 5) is 11.4. The van der Waals surface area contributed by atoms with E-state index in [1.54, 1.807) is 36.4 Å². The Morgan fingerprint density at radius 1 is 1.13 bits per heavy atom. The fourth-order valence-corrected chi connectivity index (χ4v) is 4.65. The molecular weight excluding hydrogens is 450 g/mol. The van der Waals surface area contributed by atoms with Gasteiger partial charge >= 0.3 is 5.97 Å². The summed E-state index contributed by atoms with van der Waals surface area (Å²) in [5.74, 6) is -1.23. The van der Waals surface area contributed by atoms with Gasteiger partial charge in [0.25, 0.3) is 0 Å². The predicted molar refractivity (Wildman–Crippen MR) is 93.7 cm³/mol. The van der Waals surface area contributed by atoms with Gasteiger partial charge < -0.3 is 5.11 Å². The van der Waals surface area contributed by atoms with Crippen LogP contribution in [-0.2, 0) is 21.2 Å². The molecule has 2 N–H and O–H groups in total. The monoisotopic (exact) mass is 461 g/mol. The minimum absolute atomic E-state index is 0.0220.